The summed E-state index contributed by atoms with van der Waals surface area (Å²) in [5.41, 5.74) is 1.16. The maximum absolute atomic E-state index is 11.9. The van der Waals surface area contributed by atoms with Gasteiger partial charge < -0.3 is 14.8 Å². The van der Waals surface area contributed by atoms with Crippen LogP contribution >= 0.6 is 0 Å². The molecule has 102 valence electrons. The summed E-state index contributed by atoms with van der Waals surface area (Å²) < 4.78 is 10.6. The molecule has 3 rings (SSSR count). The van der Waals surface area contributed by atoms with E-state index in [1.54, 1.807) is 0 Å². The van der Waals surface area contributed by atoms with Crippen LogP contribution in [-0.4, -0.2) is 18.7 Å². The average molecular weight is 261 g/mol. The summed E-state index contributed by atoms with van der Waals surface area (Å²) in [5.74, 6) is 2.06. The van der Waals surface area contributed by atoms with Gasteiger partial charge in [0.25, 0.3) is 0 Å². The molecule has 1 atom stereocenters. The molecule has 1 fully saturated rings. The molecule has 0 radical (unpaired) electrons. The number of rotatable bonds is 4. The van der Waals surface area contributed by atoms with Gasteiger partial charge in [0.1, 0.15) is 0 Å². The van der Waals surface area contributed by atoms with Gasteiger partial charge in [0.05, 0.1) is 0 Å². The molecular formula is C15H19NO3. The fourth-order valence-electron chi connectivity index (χ4n) is 2.50. The van der Waals surface area contributed by atoms with Crippen LogP contribution in [0, 0.1) is 5.92 Å². The summed E-state index contributed by atoms with van der Waals surface area (Å²) in [6.07, 6.45) is 4.09. The van der Waals surface area contributed by atoms with Crippen molar-refractivity contribution in [3.8, 4) is 11.5 Å². The largest absolute Gasteiger partial charge is 0.454 e. The van der Waals surface area contributed by atoms with E-state index in [0.29, 0.717) is 6.79 Å². The van der Waals surface area contributed by atoms with Crippen LogP contribution in [0.25, 0.3) is 0 Å². The number of fused-ring (bicyclic) bond motifs is 1. The van der Waals surface area contributed by atoms with E-state index in [1.165, 1.54) is 6.42 Å². The van der Waals surface area contributed by atoms with Gasteiger partial charge in [0.2, 0.25) is 12.7 Å². The van der Waals surface area contributed by atoms with Crippen LogP contribution in [0.15, 0.2) is 18.2 Å². The number of amides is 1. The molecule has 2 aliphatic rings. The van der Waals surface area contributed by atoms with Crippen LogP contribution in [0.2, 0.25) is 0 Å². The molecule has 0 saturated heterocycles. The number of benzene rings is 1. The molecule has 1 aliphatic carbocycles. The monoisotopic (exact) mass is 261 g/mol. The molecule has 4 nitrogen and oxygen atoms in total. The predicted molar refractivity (Wildman–Crippen MR) is 71.2 cm³/mol. The third-order valence-corrected chi connectivity index (χ3v) is 3.84. The lowest BCUT2D eigenvalue weighted by atomic mass is 9.84. The van der Waals surface area contributed by atoms with Crippen molar-refractivity contribution >= 4 is 5.91 Å². The van der Waals surface area contributed by atoms with Crippen molar-refractivity contribution in [2.24, 2.45) is 5.92 Å². The quantitative estimate of drug-likeness (QED) is 0.904. The van der Waals surface area contributed by atoms with Crippen molar-refractivity contribution in [1.29, 1.82) is 0 Å². The Hall–Kier alpha value is -1.71. The predicted octanol–water partition coefficient (Wildman–Crippen LogP) is 2.26. The van der Waals surface area contributed by atoms with Crippen LogP contribution in [-0.2, 0) is 11.2 Å². The van der Waals surface area contributed by atoms with Crippen molar-refractivity contribution in [3.05, 3.63) is 23.8 Å². The van der Waals surface area contributed by atoms with Gasteiger partial charge in [-0.3, -0.25) is 4.79 Å². The molecule has 1 heterocycles. The van der Waals surface area contributed by atoms with Crippen LogP contribution in [0.5, 0.6) is 11.5 Å². The van der Waals surface area contributed by atoms with E-state index in [-0.39, 0.29) is 17.9 Å². The maximum Gasteiger partial charge on any atom is 0.231 e. The summed E-state index contributed by atoms with van der Waals surface area (Å²) in [6, 6.07) is 6.10. The Balaban J connectivity index is 1.56. The molecule has 1 aromatic carbocycles. The van der Waals surface area contributed by atoms with E-state index in [4.69, 9.17) is 9.47 Å². The molecule has 1 aliphatic heterocycles. The first-order valence-corrected chi connectivity index (χ1v) is 6.91. The maximum atomic E-state index is 11.9. The van der Waals surface area contributed by atoms with E-state index in [2.05, 4.69) is 5.32 Å². The summed E-state index contributed by atoms with van der Waals surface area (Å²) in [7, 11) is 0. The lowest BCUT2D eigenvalue weighted by molar-refractivity contribution is -0.127. The van der Waals surface area contributed by atoms with Gasteiger partial charge in [-0.15, -0.1) is 0 Å². The lowest BCUT2D eigenvalue weighted by Crippen LogP contribution is -2.40. The van der Waals surface area contributed by atoms with Gasteiger partial charge in [0, 0.05) is 12.0 Å². The molecule has 0 spiro atoms. The number of carbonyl (C=O) groups excluding carboxylic acids is 1. The van der Waals surface area contributed by atoms with Gasteiger partial charge in [-0.1, -0.05) is 12.5 Å². The highest BCUT2D eigenvalue weighted by Crippen LogP contribution is 2.32. The highest BCUT2D eigenvalue weighted by molar-refractivity contribution is 5.79. The van der Waals surface area contributed by atoms with E-state index in [9.17, 15) is 4.79 Å². The van der Waals surface area contributed by atoms with Crippen molar-refractivity contribution < 1.29 is 14.3 Å². The zero-order chi connectivity index (χ0) is 13.2. The molecule has 1 aromatic rings. The second kappa shape index (κ2) is 5.11. The standard InChI is InChI=1S/C15H19NO3/c1-10(16-15(17)12-3-2-4-12)7-11-5-6-13-14(8-11)19-9-18-13/h5-6,8,10,12H,2-4,7,9H2,1H3,(H,16,17). The molecule has 0 bridgehead atoms. The van der Waals surface area contributed by atoms with Gasteiger partial charge in [-0.05, 0) is 43.9 Å². The molecule has 4 heteroatoms. The SMILES string of the molecule is CC(Cc1ccc2c(c1)OCO2)NC(=O)C1CCC1. The molecule has 1 unspecified atom stereocenters. The van der Waals surface area contributed by atoms with Gasteiger partial charge in [0.15, 0.2) is 11.5 Å². The van der Waals surface area contributed by atoms with Gasteiger partial charge in [-0.2, -0.15) is 0 Å². The van der Waals surface area contributed by atoms with Crippen molar-refractivity contribution in [2.75, 3.05) is 6.79 Å². The topological polar surface area (TPSA) is 47.6 Å². The summed E-state index contributed by atoms with van der Waals surface area (Å²) in [5, 5.41) is 3.09. The molecule has 0 aromatic heterocycles. The third-order valence-electron chi connectivity index (χ3n) is 3.84. The smallest absolute Gasteiger partial charge is 0.231 e. The van der Waals surface area contributed by atoms with Crippen LogP contribution in [0.1, 0.15) is 31.7 Å². The fraction of sp³-hybridized carbons (Fsp3) is 0.533. The lowest BCUT2D eigenvalue weighted by Gasteiger charge is -2.26. The van der Waals surface area contributed by atoms with E-state index < -0.39 is 0 Å². The van der Waals surface area contributed by atoms with E-state index in [1.807, 2.05) is 25.1 Å². The molecule has 1 amide bonds. The van der Waals surface area contributed by atoms with Gasteiger partial charge in [-0.25, -0.2) is 0 Å². The second-order valence-corrected chi connectivity index (χ2v) is 5.43. The molecule has 1 N–H and O–H groups in total. The van der Waals surface area contributed by atoms with E-state index >= 15 is 0 Å². The molecular weight excluding hydrogens is 242 g/mol. The Kier molecular flexibility index (Phi) is 3.32. The Morgan fingerprint density at radius 2 is 2.16 bits per heavy atom. The van der Waals surface area contributed by atoms with Crippen molar-refractivity contribution in [2.45, 2.75) is 38.6 Å². The van der Waals surface area contributed by atoms with Crippen LogP contribution < -0.4 is 14.8 Å². The first-order chi connectivity index (χ1) is 9.22. The second-order valence-electron chi connectivity index (χ2n) is 5.43. The number of hydrogen-bond acceptors (Lipinski definition) is 3. The number of ether oxygens (including phenoxy) is 2. The summed E-state index contributed by atoms with van der Waals surface area (Å²) >= 11 is 0. The summed E-state index contributed by atoms with van der Waals surface area (Å²) in [4.78, 5) is 11.9. The minimum Gasteiger partial charge on any atom is -0.454 e. The first-order valence-electron chi connectivity index (χ1n) is 6.91. The Bertz CT molecular complexity index is 482. The minimum absolute atomic E-state index is 0.147. The fourth-order valence-corrected chi connectivity index (χ4v) is 2.50. The number of nitrogens with one attached hydrogen (secondary N) is 1. The summed E-state index contributed by atoms with van der Waals surface area (Å²) in [6.45, 7) is 2.34. The first kappa shape index (κ1) is 12.3. The molecule has 1 saturated carbocycles. The number of carbonyl (C=O) groups is 1. The average Bonchev–Trinajstić information content (AvgIpc) is 2.73. The molecule has 19 heavy (non-hydrogen) atoms. The van der Waals surface area contributed by atoms with Crippen LogP contribution in [0.3, 0.4) is 0 Å². The van der Waals surface area contributed by atoms with Crippen molar-refractivity contribution in [1.82, 2.24) is 5.32 Å². The van der Waals surface area contributed by atoms with Gasteiger partial charge >= 0.3 is 0 Å². The Labute approximate surface area is 113 Å². The highest BCUT2D eigenvalue weighted by atomic mass is 16.7. The highest BCUT2D eigenvalue weighted by Gasteiger charge is 2.26. The van der Waals surface area contributed by atoms with Crippen LogP contribution in [0.4, 0.5) is 0 Å². The number of hydrogen-bond donors (Lipinski definition) is 1. The zero-order valence-electron chi connectivity index (χ0n) is 11.1. The zero-order valence-corrected chi connectivity index (χ0v) is 11.1. The van der Waals surface area contributed by atoms with E-state index in [0.717, 1.165) is 36.3 Å². The minimum atomic E-state index is 0.147. The third kappa shape index (κ3) is 2.67. The normalized spacial score (nSPS) is 18.8. The Morgan fingerprint density at radius 1 is 1.37 bits per heavy atom. The Morgan fingerprint density at radius 3 is 2.89 bits per heavy atom. The van der Waals surface area contributed by atoms with Crippen molar-refractivity contribution in [3.63, 3.8) is 0 Å².